The Hall–Kier alpha value is -3.36. The van der Waals surface area contributed by atoms with E-state index in [1.807, 2.05) is 24.3 Å². The molecule has 2 N–H and O–H groups in total. The lowest BCUT2D eigenvalue weighted by atomic mass is 9.62. The molecule has 5 rings (SSSR count). The van der Waals surface area contributed by atoms with Crippen LogP contribution in [-0.2, 0) is 15.2 Å². The lowest BCUT2D eigenvalue weighted by Crippen LogP contribution is -2.63. The molecular weight excluding hydrogens is 466 g/mol. The number of likely N-dealkylation sites (tertiary alicyclic amines) is 2. The van der Waals surface area contributed by atoms with E-state index in [1.165, 1.54) is 17.5 Å². The van der Waals surface area contributed by atoms with Gasteiger partial charge in [0, 0.05) is 73.5 Å². The first-order valence-corrected chi connectivity index (χ1v) is 12.8. The summed E-state index contributed by atoms with van der Waals surface area (Å²) in [6.07, 6.45) is 4.00. The SMILES string of the molecule is CC(C)c1ccc([C@](O)(c2cncc(-c3cc(C4CC(=O)N(C)C(=O)C4)[nH]n3)c2)C2(C)CN(C)C2)cc1. The second-order valence-corrected chi connectivity index (χ2v) is 11.3. The Balaban J connectivity index is 1.51. The number of nitrogens with zero attached hydrogens (tertiary/aromatic N) is 4. The number of pyridine rings is 1. The number of piperidine rings is 1. The molecule has 0 spiro atoms. The molecule has 8 heteroatoms. The summed E-state index contributed by atoms with van der Waals surface area (Å²) in [6.45, 7) is 7.95. The average molecular weight is 502 g/mol. The summed E-state index contributed by atoms with van der Waals surface area (Å²) in [5, 5.41) is 20.0. The fourth-order valence-electron chi connectivity index (χ4n) is 5.94. The average Bonchev–Trinajstić information content (AvgIpc) is 3.36. The quantitative estimate of drug-likeness (QED) is 0.500. The number of rotatable bonds is 6. The minimum absolute atomic E-state index is 0.187. The van der Waals surface area contributed by atoms with Crippen molar-refractivity contribution in [1.82, 2.24) is 25.0 Å². The number of hydrogen-bond acceptors (Lipinski definition) is 6. The van der Waals surface area contributed by atoms with Gasteiger partial charge in [-0.05, 0) is 36.2 Å². The number of hydrogen-bond donors (Lipinski definition) is 2. The van der Waals surface area contributed by atoms with E-state index in [9.17, 15) is 14.7 Å². The molecule has 1 atom stereocenters. The number of benzene rings is 1. The van der Waals surface area contributed by atoms with Crippen molar-refractivity contribution in [1.29, 1.82) is 0 Å². The standard InChI is InChI=1S/C29H35N5O3/c1-18(2)19-6-8-22(9-7-19)29(37,28(3)16-33(4)17-28)23-10-21(14-30-15-23)25-13-24(31-32-25)20-11-26(35)34(5)27(36)12-20/h6-10,13-15,18,20,37H,11-12,16-17H2,1-5H3,(H,31,32)/t29-/m0/s1. The number of imide groups is 1. The molecule has 4 heterocycles. The number of aliphatic hydroxyl groups is 1. The van der Waals surface area contributed by atoms with Gasteiger partial charge in [-0.15, -0.1) is 0 Å². The van der Waals surface area contributed by atoms with E-state index in [0.29, 0.717) is 17.2 Å². The highest BCUT2D eigenvalue weighted by Gasteiger charge is 2.55. The third-order valence-corrected chi connectivity index (χ3v) is 8.19. The number of aromatic nitrogens is 3. The van der Waals surface area contributed by atoms with Crippen LogP contribution in [0.25, 0.3) is 11.3 Å². The van der Waals surface area contributed by atoms with Gasteiger partial charge < -0.3 is 10.0 Å². The van der Waals surface area contributed by atoms with Gasteiger partial charge in [0.05, 0.1) is 5.69 Å². The zero-order chi connectivity index (χ0) is 26.5. The van der Waals surface area contributed by atoms with E-state index in [2.05, 4.69) is 60.0 Å². The number of carbonyl (C=O) groups is 2. The van der Waals surface area contributed by atoms with Gasteiger partial charge >= 0.3 is 0 Å². The maximum absolute atomic E-state index is 12.5. The summed E-state index contributed by atoms with van der Waals surface area (Å²) in [4.78, 5) is 32.3. The Labute approximate surface area is 217 Å². The van der Waals surface area contributed by atoms with E-state index in [-0.39, 0.29) is 30.6 Å². The molecular formula is C29H35N5O3. The molecule has 2 saturated heterocycles. The fourth-order valence-corrected chi connectivity index (χ4v) is 5.94. The Morgan fingerprint density at radius 2 is 1.68 bits per heavy atom. The van der Waals surface area contributed by atoms with E-state index >= 15 is 0 Å². The highest BCUT2D eigenvalue weighted by Crippen LogP contribution is 2.50. The van der Waals surface area contributed by atoms with Crippen LogP contribution in [0.5, 0.6) is 0 Å². The van der Waals surface area contributed by atoms with Crippen LogP contribution in [0.3, 0.4) is 0 Å². The number of nitrogens with one attached hydrogen (secondary N) is 1. The Morgan fingerprint density at radius 1 is 1.03 bits per heavy atom. The van der Waals surface area contributed by atoms with Gasteiger partial charge in [0.15, 0.2) is 0 Å². The van der Waals surface area contributed by atoms with Crippen molar-refractivity contribution in [2.24, 2.45) is 5.41 Å². The highest BCUT2D eigenvalue weighted by molar-refractivity contribution is 5.98. The van der Waals surface area contributed by atoms with Gasteiger partial charge in [0.25, 0.3) is 0 Å². The topological polar surface area (TPSA) is 102 Å². The minimum Gasteiger partial charge on any atom is -0.380 e. The molecule has 8 nitrogen and oxygen atoms in total. The molecule has 2 amide bonds. The molecule has 2 aromatic heterocycles. The molecule has 3 aromatic rings. The van der Waals surface area contributed by atoms with Crippen LogP contribution < -0.4 is 0 Å². The van der Waals surface area contributed by atoms with E-state index in [0.717, 1.165) is 29.9 Å². The summed E-state index contributed by atoms with van der Waals surface area (Å²) in [5.41, 5.74) is 3.32. The van der Waals surface area contributed by atoms with Crippen LogP contribution in [0.15, 0.2) is 48.8 Å². The van der Waals surface area contributed by atoms with Gasteiger partial charge in [-0.3, -0.25) is 24.6 Å². The lowest BCUT2D eigenvalue weighted by molar-refractivity contribution is -0.146. The molecule has 2 fully saturated rings. The largest absolute Gasteiger partial charge is 0.380 e. The Morgan fingerprint density at radius 3 is 2.27 bits per heavy atom. The van der Waals surface area contributed by atoms with Gasteiger partial charge in [0.2, 0.25) is 11.8 Å². The summed E-state index contributed by atoms with van der Waals surface area (Å²) in [5.74, 6) is -0.197. The number of aromatic amines is 1. The molecule has 2 aliphatic rings. The van der Waals surface area contributed by atoms with Gasteiger partial charge in [0.1, 0.15) is 5.60 Å². The number of carbonyl (C=O) groups excluding carboxylic acids is 2. The van der Waals surface area contributed by atoms with Crippen LogP contribution in [0, 0.1) is 5.41 Å². The van der Waals surface area contributed by atoms with Gasteiger partial charge in [-0.1, -0.05) is 45.0 Å². The summed E-state index contributed by atoms with van der Waals surface area (Å²) in [7, 11) is 3.58. The molecule has 1 aromatic carbocycles. The van der Waals surface area contributed by atoms with Crippen molar-refractivity contribution in [2.75, 3.05) is 27.2 Å². The lowest BCUT2D eigenvalue weighted by Gasteiger charge is -2.55. The molecule has 37 heavy (non-hydrogen) atoms. The maximum Gasteiger partial charge on any atom is 0.229 e. The fraction of sp³-hybridized carbons (Fsp3) is 0.448. The molecule has 0 radical (unpaired) electrons. The summed E-state index contributed by atoms with van der Waals surface area (Å²) in [6, 6.07) is 12.1. The van der Waals surface area contributed by atoms with Crippen molar-refractivity contribution in [2.45, 2.75) is 51.0 Å². The second kappa shape index (κ2) is 9.19. The molecule has 0 bridgehead atoms. The zero-order valence-corrected chi connectivity index (χ0v) is 22.2. The van der Waals surface area contributed by atoms with Crippen LogP contribution in [0.4, 0.5) is 0 Å². The summed E-state index contributed by atoms with van der Waals surface area (Å²) >= 11 is 0. The second-order valence-electron chi connectivity index (χ2n) is 11.3. The third kappa shape index (κ3) is 4.28. The Bertz CT molecular complexity index is 1310. The highest BCUT2D eigenvalue weighted by atomic mass is 16.3. The zero-order valence-electron chi connectivity index (χ0n) is 22.2. The van der Waals surface area contributed by atoms with Crippen LogP contribution in [0.1, 0.15) is 67.8 Å². The van der Waals surface area contributed by atoms with Crippen molar-refractivity contribution < 1.29 is 14.7 Å². The first-order valence-electron chi connectivity index (χ1n) is 12.8. The van der Waals surface area contributed by atoms with E-state index < -0.39 is 11.0 Å². The van der Waals surface area contributed by atoms with Crippen LogP contribution in [0.2, 0.25) is 0 Å². The van der Waals surface area contributed by atoms with Crippen molar-refractivity contribution in [3.8, 4) is 11.3 Å². The van der Waals surface area contributed by atoms with Crippen molar-refractivity contribution >= 4 is 11.8 Å². The van der Waals surface area contributed by atoms with Crippen LogP contribution >= 0.6 is 0 Å². The van der Waals surface area contributed by atoms with Gasteiger partial charge in [-0.2, -0.15) is 5.10 Å². The van der Waals surface area contributed by atoms with Crippen molar-refractivity contribution in [3.63, 3.8) is 0 Å². The smallest absolute Gasteiger partial charge is 0.229 e. The predicted molar refractivity (Wildman–Crippen MR) is 141 cm³/mol. The maximum atomic E-state index is 12.5. The number of amides is 2. The predicted octanol–water partition coefficient (Wildman–Crippen LogP) is 3.65. The monoisotopic (exact) mass is 501 g/mol. The number of H-pyrrole nitrogens is 1. The Kier molecular flexibility index (Phi) is 6.28. The van der Waals surface area contributed by atoms with E-state index in [1.54, 1.807) is 12.4 Å². The first-order chi connectivity index (χ1) is 17.5. The molecule has 0 saturated carbocycles. The van der Waals surface area contributed by atoms with E-state index in [4.69, 9.17) is 0 Å². The molecule has 194 valence electrons. The molecule has 2 aliphatic heterocycles. The van der Waals surface area contributed by atoms with Crippen molar-refractivity contribution in [3.05, 3.63) is 71.2 Å². The normalized spacial score (nSPS) is 20.2. The first kappa shape index (κ1) is 25.3. The van der Waals surface area contributed by atoms with Crippen LogP contribution in [-0.4, -0.2) is 69.1 Å². The molecule has 0 unspecified atom stereocenters. The van der Waals surface area contributed by atoms with Gasteiger partial charge in [-0.25, -0.2) is 0 Å². The third-order valence-electron chi connectivity index (χ3n) is 8.19. The minimum atomic E-state index is -1.25. The molecule has 0 aliphatic carbocycles. The summed E-state index contributed by atoms with van der Waals surface area (Å²) < 4.78 is 0.